The third-order valence-corrected chi connectivity index (χ3v) is 4.27. The number of amides is 1. The number of nitrogens with zero attached hydrogens (tertiary/aromatic N) is 5. The Bertz CT molecular complexity index is 1130. The number of para-hydroxylation sites is 2. The molecule has 1 aromatic carbocycles. The SMILES string of the molecule is Cn1cnc2cc(C(=O)Nc3nc4ccccc4n3C(C)(C)C)cnc21. The number of nitrogens with one attached hydrogen (secondary N) is 1. The molecule has 4 aromatic rings. The van der Waals surface area contributed by atoms with E-state index in [4.69, 9.17) is 0 Å². The summed E-state index contributed by atoms with van der Waals surface area (Å²) in [6.07, 6.45) is 3.24. The highest BCUT2D eigenvalue weighted by Gasteiger charge is 2.23. The summed E-state index contributed by atoms with van der Waals surface area (Å²) in [5.41, 5.74) is 3.46. The van der Waals surface area contributed by atoms with Gasteiger partial charge in [0.1, 0.15) is 5.52 Å². The second kappa shape index (κ2) is 5.66. The van der Waals surface area contributed by atoms with Gasteiger partial charge in [0, 0.05) is 18.8 Å². The van der Waals surface area contributed by atoms with Crippen LogP contribution < -0.4 is 5.32 Å². The van der Waals surface area contributed by atoms with Gasteiger partial charge in [-0.2, -0.15) is 0 Å². The number of carbonyl (C=O) groups excluding carboxylic acids is 1. The number of aromatic nitrogens is 5. The molecule has 3 aromatic heterocycles. The molecule has 1 N–H and O–H groups in total. The Morgan fingerprint density at radius 2 is 1.88 bits per heavy atom. The van der Waals surface area contributed by atoms with Crippen LogP contribution in [0.1, 0.15) is 31.1 Å². The summed E-state index contributed by atoms with van der Waals surface area (Å²) in [5, 5.41) is 2.93. The van der Waals surface area contributed by atoms with Gasteiger partial charge in [0.15, 0.2) is 5.65 Å². The molecule has 0 radical (unpaired) electrons. The second-order valence-corrected chi connectivity index (χ2v) is 7.31. The third-order valence-electron chi connectivity index (χ3n) is 4.27. The number of anilines is 1. The topological polar surface area (TPSA) is 77.6 Å². The Hall–Kier alpha value is -3.22. The van der Waals surface area contributed by atoms with E-state index in [9.17, 15) is 4.79 Å². The molecule has 0 saturated carbocycles. The molecular formula is C19H20N6O. The fourth-order valence-corrected chi connectivity index (χ4v) is 3.10. The van der Waals surface area contributed by atoms with Gasteiger partial charge >= 0.3 is 0 Å². The maximum absolute atomic E-state index is 12.8. The summed E-state index contributed by atoms with van der Waals surface area (Å²) in [5.74, 6) is 0.260. The van der Waals surface area contributed by atoms with Crippen LogP contribution in [0.5, 0.6) is 0 Å². The first-order valence-electron chi connectivity index (χ1n) is 8.41. The van der Waals surface area contributed by atoms with Crippen LogP contribution in [0.25, 0.3) is 22.2 Å². The molecule has 0 atom stereocenters. The smallest absolute Gasteiger partial charge is 0.259 e. The number of hydrogen-bond acceptors (Lipinski definition) is 4. The monoisotopic (exact) mass is 348 g/mol. The minimum atomic E-state index is -0.258. The van der Waals surface area contributed by atoms with E-state index in [-0.39, 0.29) is 11.4 Å². The highest BCUT2D eigenvalue weighted by Crippen LogP contribution is 2.28. The molecular weight excluding hydrogens is 328 g/mol. The predicted molar refractivity (Wildman–Crippen MR) is 101 cm³/mol. The third kappa shape index (κ3) is 2.61. The van der Waals surface area contributed by atoms with Gasteiger partial charge < -0.3 is 9.13 Å². The van der Waals surface area contributed by atoms with Gasteiger partial charge in [-0.3, -0.25) is 10.1 Å². The van der Waals surface area contributed by atoms with Crippen LogP contribution >= 0.6 is 0 Å². The summed E-state index contributed by atoms with van der Waals surface area (Å²) in [7, 11) is 1.87. The predicted octanol–water partition coefficient (Wildman–Crippen LogP) is 3.33. The fourth-order valence-electron chi connectivity index (χ4n) is 3.10. The van der Waals surface area contributed by atoms with E-state index in [0.717, 1.165) is 16.7 Å². The summed E-state index contributed by atoms with van der Waals surface area (Å²) >= 11 is 0. The Morgan fingerprint density at radius 3 is 2.65 bits per heavy atom. The number of hydrogen-bond donors (Lipinski definition) is 1. The van der Waals surface area contributed by atoms with Gasteiger partial charge in [0.25, 0.3) is 5.91 Å². The first-order chi connectivity index (χ1) is 12.3. The molecule has 0 aliphatic rings. The molecule has 3 heterocycles. The maximum Gasteiger partial charge on any atom is 0.259 e. The number of rotatable bonds is 2. The number of imidazole rings is 2. The van der Waals surface area contributed by atoms with Crippen LogP contribution in [0.2, 0.25) is 0 Å². The Labute approximate surface area is 150 Å². The van der Waals surface area contributed by atoms with Crippen LogP contribution in [-0.2, 0) is 12.6 Å². The molecule has 0 aliphatic carbocycles. The van der Waals surface area contributed by atoms with Crippen molar-refractivity contribution < 1.29 is 4.79 Å². The largest absolute Gasteiger partial charge is 0.318 e. The van der Waals surface area contributed by atoms with Crippen LogP contribution in [0, 0.1) is 0 Å². The van der Waals surface area contributed by atoms with Crippen molar-refractivity contribution in [3.63, 3.8) is 0 Å². The van der Waals surface area contributed by atoms with Gasteiger partial charge in [-0.1, -0.05) is 12.1 Å². The van der Waals surface area contributed by atoms with Crippen molar-refractivity contribution in [3.05, 3.63) is 48.4 Å². The summed E-state index contributed by atoms with van der Waals surface area (Å²) in [4.78, 5) is 26.0. The highest BCUT2D eigenvalue weighted by atomic mass is 16.1. The Balaban J connectivity index is 1.75. The Morgan fingerprint density at radius 1 is 1.12 bits per heavy atom. The van der Waals surface area contributed by atoms with E-state index in [1.807, 2.05) is 40.4 Å². The molecule has 0 saturated heterocycles. The first kappa shape index (κ1) is 16.3. The van der Waals surface area contributed by atoms with Crippen molar-refractivity contribution in [2.75, 3.05) is 5.32 Å². The van der Waals surface area contributed by atoms with Crippen LogP contribution in [-0.4, -0.2) is 30.0 Å². The quantitative estimate of drug-likeness (QED) is 0.603. The van der Waals surface area contributed by atoms with Gasteiger partial charge in [-0.25, -0.2) is 15.0 Å². The highest BCUT2D eigenvalue weighted by molar-refractivity contribution is 6.05. The zero-order valence-corrected chi connectivity index (χ0v) is 15.2. The van der Waals surface area contributed by atoms with Crippen molar-refractivity contribution in [1.29, 1.82) is 0 Å². The molecule has 0 unspecified atom stereocenters. The number of aryl methyl sites for hydroxylation is 1. The minimum absolute atomic E-state index is 0.234. The second-order valence-electron chi connectivity index (χ2n) is 7.31. The van der Waals surface area contributed by atoms with E-state index >= 15 is 0 Å². The average Bonchev–Trinajstić information content (AvgIpc) is 3.14. The van der Waals surface area contributed by atoms with E-state index < -0.39 is 0 Å². The lowest BCUT2D eigenvalue weighted by Gasteiger charge is -2.24. The number of carbonyl (C=O) groups is 1. The van der Waals surface area contributed by atoms with Crippen molar-refractivity contribution in [2.45, 2.75) is 26.3 Å². The minimum Gasteiger partial charge on any atom is -0.318 e. The van der Waals surface area contributed by atoms with Crippen LogP contribution in [0.15, 0.2) is 42.9 Å². The van der Waals surface area contributed by atoms with Crippen molar-refractivity contribution in [3.8, 4) is 0 Å². The molecule has 7 heteroatoms. The standard InChI is InChI=1S/C19H20N6O/c1-19(2,3)25-15-8-6-5-7-13(15)22-18(25)23-17(26)12-9-14-16(20-10-12)24(4)11-21-14/h5-11H,1-4H3,(H,22,23,26). The van der Waals surface area contributed by atoms with Crippen LogP contribution in [0.3, 0.4) is 0 Å². The maximum atomic E-state index is 12.8. The van der Waals surface area contributed by atoms with Gasteiger partial charge in [0.2, 0.25) is 5.95 Å². The Kier molecular flexibility index (Phi) is 3.54. The van der Waals surface area contributed by atoms with Crippen molar-refractivity contribution in [1.82, 2.24) is 24.1 Å². The summed E-state index contributed by atoms with van der Waals surface area (Å²) in [6.45, 7) is 6.24. The normalized spacial score (nSPS) is 12.0. The molecule has 132 valence electrons. The molecule has 0 bridgehead atoms. The lowest BCUT2D eigenvalue weighted by molar-refractivity contribution is 0.102. The van der Waals surface area contributed by atoms with Crippen molar-refractivity contribution in [2.24, 2.45) is 7.05 Å². The molecule has 26 heavy (non-hydrogen) atoms. The number of benzene rings is 1. The van der Waals surface area contributed by atoms with E-state index in [0.29, 0.717) is 17.0 Å². The molecule has 1 amide bonds. The molecule has 0 spiro atoms. The van der Waals surface area contributed by atoms with Crippen LogP contribution in [0.4, 0.5) is 5.95 Å². The molecule has 0 aliphatic heterocycles. The van der Waals surface area contributed by atoms with Crippen molar-refractivity contribution >= 4 is 34.1 Å². The lowest BCUT2D eigenvalue weighted by atomic mass is 10.1. The average molecular weight is 348 g/mol. The number of pyridine rings is 1. The van der Waals surface area contributed by atoms with Gasteiger partial charge in [0.05, 0.1) is 22.9 Å². The fraction of sp³-hybridized carbons (Fsp3) is 0.263. The summed E-state index contributed by atoms with van der Waals surface area (Å²) in [6, 6.07) is 9.59. The lowest BCUT2D eigenvalue weighted by Crippen LogP contribution is -2.26. The van der Waals surface area contributed by atoms with E-state index in [2.05, 4.69) is 41.0 Å². The number of fused-ring (bicyclic) bond motifs is 2. The van der Waals surface area contributed by atoms with E-state index in [1.165, 1.54) is 0 Å². The molecule has 7 nitrogen and oxygen atoms in total. The zero-order chi connectivity index (χ0) is 18.5. The summed E-state index contributed by atoms with van der Waals surface area (Å²) < 4.78 is 3.85. The molecule has 0 fully saturated rings. The van der Waals surface area contributed by atoms with Gasteiger partial charge in [-0.05, 0) is 39.0 Å². The molecule has 4 rings (SSSR count). The van der Waals surface area contributed by atoms with Gasteiger partial charge in [-0.15, -0.1) is 0 Å². The van der Waals surface area contributed by atoms with E-state index in [1.54, 1.807) is 18.6 Å². The zero-order valence-electron chi connectivity index (χ0n) is 15.2. The first-order valence-corrected chi connectivity index (χ1v) is 8.41.